The van der Waals surface area contributed by atoms with E-state index in [1.807, 2.05) is 11.7 Å². The van der Waals surface area contributed by atoms with Crippen molar-refractivity contribution in [2.75, 3.05) is 6.26 Å². The number of hydrogen-bond donors (Lipinski definition) is 2. The molecule has 3 heteroatoms. The SMILES string of the molecule is CS/C=C/c1cc(O)ccc1O. The Labute approximate surface area is 75.5 Å². The van der Waals surface area contributed by atoms with Crippen molar-refractivity contribution >= 4 is 17.8 Å². The number of thioether (sulfide) groups is 1. The maximum atomic E-state index is 9.29. The Morgan fingerprint density at radius 3 is 2.75 bits per heavy atom. The minimum atomic E-state index is 0.161. The third-order valence-corrected chi connectivity index (χ3v) is 1.80. The van der Waals surface area contributed by atoms with E-state index in [0.29, 0.717) is 5.56 Å². The second-order valence-electron chi connectivity index (χ2n) is 2.28. The van der Waals surface area contributed by atoms with Gasteiger partial charge in [0.2, 0.25) is 0 Å². The first-order chi connectivity index (χ1) is 5.74. The van der Waals surface area contributed by atoms with Crippen molar-refractivity contribution in [3.63, 3.8) is 0 Å². The first-order valence-corrected chi connectivity index (χ1v) is 4.74. The lowest BCUT2D eigenvalue weighted by Crippen LogP contribution is -1.73. The summed E-state index contributed by atoms with van der Waals surface area (Å²) >= 11 is 1.54. The van der Waals surface area contributed by atoms with Gasteiger partial charge in [-0.1, -0.05) is 0 Å². The van der Waals surface area contributed by atoms with Gasteiger partial charge in [-0.3, -0.25) is 0 Å². The molecule has 2 nitrogen and oxygen atoms in total. The van der Waals surface area contributed by atoms with Crippen LogP contribution in [-0.2, 0) is 0 Å². The van der Waals surface area contributed by atoms with E-state index in [2.05, 4.69) is 0 Å². The molecule has 1 aromatic rings. The molecular weight excluding hydrogens is 172 g/mol. The van der Waals surface area contributed by atoms with E-state index in [4.69, 9.17) is 5.11 Å². The zero-order valence-corrected chi connectivity index (χ0v) is 7.51. The third kappa shape index (κ3) is 2.20. The second kappa shape index (κ2) is 4.07. The molecule has 0 amide bonds. The highest BCUT2D eigenvalue weighted by molar-refractivity contribution is 8.01. The van der Waals surface area contributed by atoms with Crippen molar-refractivity contribution in [1.29, 1.82) is 0 Å². The van der Waals surface area contributed by atoms with Gasteiger partial charge < -0.3 is 10.2 Å². The van der Waals surface area contributed by atoms with Gasteiger partial charge in [0.25, 0.3) is 0 Å². The molecule has 0 saturated heterocycles. The Balaban J connectivity index is 2.97. The van der Waals surface area contributed by atoms with Crippen LogP contribution in [0.3, 0.4) is 0 Å². The second-order valence-corrected chi connectivity index (χ2v) is 3.03. The Kier molecular flexibility index (Phi) is 3.05. The van der Waals surface area contributed by atoms with Crippen molar-refractivity contribution in [3.8, 4) is 11.5 Å². The number of aromatic hydroxyl groups is 2. The molecule has 0 heterocycles. The van der Waals surface area contributed by atoms with Crippen LogP contribution in [0.15, 0.2) is 23.6 Å². The molecule has 1 rings (SSSR count). The minimum absolute atomic E-state index is 0.161. The lowest BCUT2D eigenvalue weighted by molar-refractivity contribution is 0.459. The lowest BCUT2D eigenvalue weighted by atomic mass is 10.2. The van der Waals surface area contributed by atoms with Crippen LogP contribution in [-0.4, -0.2) is 16.5 Å². The van der Waals surface area contributed by atoms with Crippen LogP contribution in [0.5, 0.6) is 11.5 Å². The zero-order valence-electron chi connectivity index (χ0n) is 6.69. The number of benzene rings is 1. The van der Waals surface area contributed by atoms with E-state index in [1.165, 1.54) is 30.0 Å². The van der Waals surface area contributed by atoms with Crippen molar-refractivity contribution < 1.29 is 10.2 Å². The van der Waals surface area contributed by atoms with Crippen molar-refractivity contribution in [1.82, 2.24) is 0 Å². The van der Waals surface area contributed by atoms with Crippen molar-refractivity contribution in [2.24, 2.45) is 0 Å². The third-order valence-electron chi connectivity index (χ3n) is 1.39. The molecule has 0 aliphatic rings. The fourth-order valence-corrected chi connectivity index (χ4v) is 1.10. The summed E-state index contributed by atoms with van der Waals surface area (Å²) in [6, 6.07) is 4.43. The van der Waals surface area contributed by atoms with Gasteiger partial charge in [-0.15, -0.1) is 11.8 Å². The van der Waals surface area contributed by atoms with Crippen LogP contribution in [0.25, 0.3) is 6.08 Å². The Morgan fingerprint density at radius 2 is 2.08 bits per heavy atom. The van der Waals surface area contributed by atoms with Gasteiger partial charge in [0.05, 0.1) is 0 Å². The van der Waals surface area contributed by atoms with Crippen LogP contribution < -0.4 is 0 Å². The van der Waals surface area contributed by atoms with E-state index in [1.54, 1.807) is 6.08 Å². The highest BCUT2D eigenvalue weighted by Crippen LogP contribution is 2.23. The monoisotopic (exact) mass is 182 g/mol. The van der Waals surface area contributed by atoms with Gasteiger partial charge in [0.1, 0.15) is 11.5 Å². The summed E-state index contributed by atoms with van der Waals surface area (Å²) in [5.41, 5.74) is 0.629. The van der Waals surface area contributed by atoms with Gasteiger partial charge in [-0.2, -0.15) is 0 Å². The lowest BCUT2D eigenvalue weighted by Gasteiger charge is -1.98. The predicted molar refractivity (Wildman–Crippen MR) is 52.3 cm³/mol. The number of hydrogen-bond acceptors (Lipinski definition) is 3. The normalized spacial score (nSPS) is 10.8. The number of rotatable bonds is 2. The molecule has 0 fully saturated rings. The maximum Gasteiger partial charge on any atom is 0.123 e. The summed E-state index contributed by atoms with van der Waals surface area (Å²) in [5.74, 6) is 0.339. The van der Waals surface area contributed by atoms with Gasteiger partial charge >= 0.3 is 0 Å². The van der Waals surface area contributed by atoms with Crippen LogP contribution in [0, 0.1) is 0 Å². The molecule has 0 unspecified atom stereocenters. The van der Waals surface area contributed by atoms with Gasteiger partial charge in [-0.25, -0.2) is 0 Å². The first kappa shape index (κ1) is 9.00. The molecule has 0 atom stereocenters. The predicted octanol–water partition coefficient (Wildman–Crippen LogP) is 2.43. The van der Waals surface area contributed by atoms with Crippen LogP contribution in [0.1, 0.15) is 5.56 Å². The molecular formula is C9H10O2S. The summed E-state index contributed by atoms with van der Waals surface area (Å²) in [6.45, 7) is 0. The maximum absolute atomic E-state index is 9.29. The summed E-state index contributed by atoms with van der Waals surface area (Å²) in [6.07, 6.45) is 3.68. The summed E-state index contributed by atoms with van der Waals surface area (Å²) in [7, 11) is 0. The van der Waals surface area contributed by atoms with E-state index in [-0.39, 0.29) is 11.5 Å². The molecule has 2 N–H and O–H groups in total. The quantitative estimate of drug-likeness (QED) is 0.690. The Morgan fingerprint density at radius 1 is 1.33 bits per heavy atom. The van der Waals surface area contributed by atoms with E-state index >= 15 is 0 Å². The number of phenols is 2. The average molecular weight is 182 g/mol. The molecule has 0 aliphatic heterocycles. The molecule has 0 radical (unpaired) electrons. The molecule has 0 spiro atoms. The number of phenolic OH excluding ortho intramolecular Hbond substituents is 2. The van der Waals surface area contributed by atoms with E-state index in [9.17, 15) is 5.11 Å². The van der Waals surface area contributed by atoms with Crippen LogP contribution in [0.2, 0.25) is 0 Å². The highest BCUT2D eigenvalue weighted by Gasteiger charge is 1.97. The molecule has 12 heavy (non-hydrogen) atoms. The van der Waals surface area contributed by atoms with E-state index < -0.39 is 0 Å². The fraction of sp³-hybridized carbons (Fsp3) is 0.111. The highest BCUT2D eigenvalue weighted by atomic mass is 32.2. The molecule has 0 aliphatic carbocycles. The standard InChI is InChI=1S/C9H10O2S/c1-12-5-4-7-6-8(10)2-3-9(7)11/h2-6,10-11H,1H3/b5-4+. The van der Waals surface area contributed by atoms with Gasteiger partial charge in [-0.05, 0) is 35.9 Å². The van der Waals surface area contributed by atoms with Gasteiger partial charge in [0.15, 0.2) is 0 Å². The minimum Gasteiger partial charge on any atom is -0.508 e. The first-order valence-electron chi connectivity index (χ1n) is 3.45. The summed E-state index contributed by atoms with van der Waals surface area (Å²) in [5, 5.41) is 20.2. The van der Waals surface area contributed by atoms with Crippen molar-refractivity contribution in [2.45, 2.75) is 0 Å². The molecule has 0 aromatic heterocycles. The molecule has 0 saturated carbocycles. The zero-order chi connectivity index (χ0) is 8.97. The summed E-state index contributed by atoms with van der Waals surface area (Å²) in [4.78, 5) is 0. The largest absolute Gasteiger partial charge is 0.508 e. The Hall–Kier alpha value is -1.09. The molecule has 0 bridgehead atoms. The molecule has 1 aromatic carbocycles. The topological polar surface area (TPSA) is 40.5 Å². The average Bonchev–Trinajstić information content (AvgIpc) is 2.07. The molecule has 64 valence electrons. The van der Waals surface area contributed by atoms with E-state index in [0.717, 1.165) is 0 Å². The fourth-order valence-electron chi connectivity index (χ4n) is 0.817. The summed E-state index contributed by atoms with van der Waals surface area (Å²) < 4.78 is 0. The van der Waals surface area contributed by atoms with Crippen molar-refractivity contribution in [3.05, 3.63) is 29.2 Å². The van der Waals surface area contributed by atoms with Gasteiger partial charge in [0, 0.05) is 5.56 Å². The van der Waals surface area contributed by atoms with Crippen LogP contribution in [0.4, 0.5) is 0 Å². The Bertz CT molecular complexity index is 295. The smallest absolute Gasteiger partial charge is 0.123 e. The van der Waals surface area contributed by atoms with Crippen LogP contribution >= 0.6 is 11.8 Å².